The summed E-state index contributed by atoms with van der Waals surface area (Å²) < 4.78 is 20.0. The van der Waals surface area contributed by atoms with Crippen molar-refractivity contribution >= 4 is 33.7 Å². The average molecular weight is 297 g/mol. The van der Waals surface area contributed by atoms with E-state index in [-0.39, 0.29) is 0 Å². The fourth-order valence-corrected chi connectivity index (χ4v) is 5.82. The van der Waals surface area contributed by atoms with Gasteiger partial charge in [-0.25, -0.2) is 13.6 Å². The Morgan fingerprint density at radius 1 is 1.22 bits per heavy atom. The fourth-order valence-electron chi connectivity index (χ4n) is 2.15. The number of nitrogens with two attached hydrogens (primary N) is 1. The summed E-state index contributed by atoms with van der Waals surface area (Å²) in [7, 11) is -4.17. The Morgan fingerprint density at radius 2 is 1.67 bits per heavy atom. The SMILES string of the molecule is C[C@H]1[C@](C)(C(=O)O)[C@@H](S(N)(=O)=O)S[C@@]1(C)C(=O)O. The molecule has 4 atom stereocenters. The van der Waals surface area contributed by atoms with Gasteiger partial charge in [0.25, 0.3) is 0 Å². The van der Waals surface area contributed by atoms with Crippen molar-refractivity contribution in [2.45, 2.75) is 30.1 Å². The molecule has 9 heteroatoms. The first kappa shape index (κ1) is 15.3. The van der Waals surface area contributed by atoms with Gasteiger partial charge >= 0.3 is 11.9 Å². The van der Waals surface area contributed by atoms with Crippen molar-refractivity contribution in [3.05, 3.63) is 0 Å². The van der Waals surface area contributed by atoms with E-state index in [0.29, 0.717) is 11.8 Å². The second-order valence-corrected chi connectivity index (χ2v) is 8.26. The van der Waals surface area contributed by atoms with Gasteiger partial charge in [-0.2, -0.15) is 0 Å². The van der Waals surface area contributed by atoms with Crippen LogP contribution in [0.1, 0.15) is 20.8 Å². The molecule has 0 unspecified atom stereocenters. The molecule has 104 valence electrons. The Bertz CT molecular complexity index is 503. The summed E-state index contributed by atoms with van der Waals surface area (Å²) in [5, 5.41) is 23.5. The Hall–Kier alpha value is -0.800. The van der Waals surface area contributed by atoms with Crippen LogP contribution in [0.25, 0.3) is 0 Å². The predicted octanol–water partition coefficient (Wildman–Crippen LogP) is -0.0819. The summed E-state index contributed by atoms with van der Waals surface area (Å²) >= 11 is 0.578. The van der Waals surface area contributed by atoms with Crippen LogP contribution in [0.15, 0.2) is 0 Å². The number of thioether (sulfide) groups is 1. The Balaban J connectivity index is 3.48. The summed E-state index contributed by atoms with van der Waals surface area (Å²) in [6.07, 6.45) is 0. The van der Waals surface area contributed by atoms with E-state index in [1.54, 1.807) is 0 Å². The highest BCUT2D eigenvalue weighted by molar-refractivity contribution is 8.14. The molecule has 4 N–H and O–H groups in total. The lowest BCUT2D eigenvalue weighted by atomic mass is 9.73. The molecule has 0 amide bonds. The number of hydrogen-bond donors (Lipinski definition) is 3. The van der Waals surface area contributed by atoms with E-state index < -0.39 is 42.6 Å². The van der Waals surface area contributed by atoms with Crippen LogP contribution in [-0.2, 0) is 19.6 Å². The van der Waals surface area contributed by atoms with Crippen molar-refractivity contribution in [2.24, 2.45) is 16.5 Å². The van der Waals surface area contributed by atoms with Crippen molar-refractivity contribution in [3.8, 4) is 0 Å². The van der Waals surface area contributed by atoms with E-state index in [0.717, 1.165) is 0 Å². The van der Waals surface area contributed by atoms with E-state index >= 15 is 0 Å². The largest absolute Gasteiger partial charge is 0.481 e. The quantitative estimate of drug-likeness (QED) is 0.663. The topological polar surface area (TPSA) is 135 Å². The van der Waals surface area contributed by atoms with E-state index in [1.807, 2.05) is 0 Å². The van der Waals surface area contributed by atoms with E-state index in [4.69, 9.17) is 5.14 Å². The minimum absolute atomic E-state index is 0.578. The number of carboxylic acid groups (broad SMARTS) is 2. The fraction of sp³-hybridized carbons (Fsp3) is 0.778. The van der Waals surface area contributed by atoms with Crippen LogP contribution >= 0.6 is 11.8 Å². The van der Waals surface area contributed by atoms with Gasteiger partial charge in [-0.15, -0.1) is 11.8 Å². The highest BCUT2D eigenvalue weighted by Gasteiger charge is 2.67. The summed E-state index contributed by atoms with van der Waals surface area (Å²) in [6, 6.07) is 0. The third kappa shape index (κ3) is 1.90. The molecule has 1 heterocycles. The molecule has 0 saturated carbocycles. The number of hydrogen-bond acceptors (Lipinski definition) is 5. The molecule has 1 fully saturated rings. The maximum atomic E-state index is 11.5. The number of rotatable bonds is 3. The smallest absolute Gasteiger partial charge is 0.319 e. The number of carboxylic acids is 2. The van der Waals surface area contributed by atoms with Crippen LogP contribution in [0.2, 0.25) is 0 Å². The second-order valence-electron chi connectivity index (χ2n) is 4.76. The standard InChI is InChI=1S/C9H15NO6S2/c1-4-8(2,5(11)12)7(18(10,15)16)17-9(4,3)6(13)14/h4,7H,1-3H3,(H,11,12)(H,13,14)(H2,10,15,16)/t4-,7+,8+,9+/m0/s1. The van der Waals surface area contributed by atoms with Gasteiger partial charge in [-0.05, 0) is 19.8 Å². The lowest BCUT2D eigenvalue weighted by molar-refractivity contribution is -0.152. The second kappa shape index (κ2) is 4.10. The van der Waals surface area contributed by atoms with Crippen LogP contribution in [-0.4, -0.2) is 39.9 Å². The Labute approximate surface area is 109 Å². The highest BCUT2D eigenvalue weighted by atomic mass is 32.3. The van der Waals surface area contributed by atoms with Crippen LogP contribution in [0.4, 0.5) is 0 Å². The van der Waals surface area contributed by atoms with Crippen molar-refractivity contribution in [3.63, 3.8) is 0 Å². The molecule has 1 aliphatic heterocycles. The van der Waals surface area contributed by atoms with Crippen LogP contribution in [0.5, 0.6) is 0 Å². The Morgan fingerprint density at radius 3 is 1.89 bits per heavy atom. The molecule has 0 spiro atoms. The molecule has 0 aromatic rings. The minimum atomic E-state index is -4.17. The number of carbonyl (C=O) groups is 2. The first-order valence-electron chi connectivity index (χ1n) is 5.04. The molecule has 18 heavy (non-hydrogen) atoms. The number of aliphatic carboxylic acids is 2. The van der Waals surface area contributed by atoms with Crippen molar-refractivity contribution < 1.29 is 28.2 Å². The molecule has 0 radical (unpaired) electrons. The van der Waals surface area contributed by atoms with Crippen LogP contribution in [0.3, 0.4) is 0 Å². The average Bonchev–Trinajstić information content (AvgIpc) is 2.41. The maximum Gasteiger partial charge on any atom is 0.319 e. The lowest BCUT2D eigenvalue weighted by Crippen LogP contribution is -2.47. The van der Waals surface area contributed by atoms with Gasteiger partial charge in [-0.1, -0.05) is 6.92 Å². The van der Waals surface area contributed by atoms with Gasteiger partial charge in [0.05, 0.1) is 5.41 Å². The number of sulfonamides is 1. The molecule has 1 saturated heterocycles. The lowest BCUT2D eigenvalue weighted by Gasteiger charge is -2.31. The summed E-state index contributed by atoms with van der Waals surface area (Å²) in [5.74, 6) is -3.52. The molecule has 0 bridgehead atoms. The first-order chi connectivity index (χ1) is 7.88. The minimum Gasteiger partial charge on any atom is -0.481 e. The maximum absolute atomic E-state index is 11.5. The monoisotopic (exact) mass is 297 g/mol. The zero-order valence-electron chi connectivity index (χ0n) is 10.1. The molecule has 0 aliphatic carbocycles. The Kier molecular flexibility index (Phi) is 3.48. The highest BCUT2D eigenvalue weighted by Crippen LogP contribution is 2.59. The normalized spacial score (nSPS) is 40.7. The molecular formula is C9H15NO6S2. The number of primary sulfonamides is 1. The molecule has 1 aliphatic rings. The molecular weight excluding hydrogens is 282 g/mol. The third-order valence-electron chi connectivity index (χ3n) is 3.75. The summed E-state index contributed by atoms with van der Waals surface area (Å²) in [4.78, 5) is 22.6. The predicted molar refractivity (Wildman–Crippen MR) is 65.4 cm³/mol. The van der Waals surface area contributed by atoms with Gasteiger partial charge in [0.15, 0.2) is 0 Å². The van der Waals surface area contributed by atoms with Crippen molar-refractivity contribution in [1.29, 1.82) is 0 Å². The molecule has 7 nitrogen and oxygen atoms in total. The molecule has 0 aromatic carbocycles. The molecule has 1 rings (SSSR count). The molecule has 0 aromatic heterocycles. The van der Waals surface area contributed by atoms with Gasteiger partial charge < -0.3 is 10.2 Å². The van der Waals surface area contributed by atoms with Gasteiger partial charge in [-0.3, -0.25) is 9.59 Å². The van der Waals surface area contributed by atoms with E-state index in [2.05, 4.69) is 0 Å². The van der Waals surface area contributed by atoms with Gasteiger partial charge in [0, 0.05) is 0 Å². The zero-order chi connectivity index (χ0) is 14.5. The van der Waals surface area contributed by atoms with E-state index in [1.165, 1.54) is 20.8 Å². The van der Waals surface area contributed by atoms with E-state index in [9.17, 15) is 28.2 Å². The first-order valence-corrected chi connectivity index (χ1v) is 7.53. The van der Waals surface area contributed by atoms with Crippen LogP contribution < -0.4 is 5.14 Å². The summed E-state index contributed by atoms with van der Waals surface area (Å²) in [5.41, 5.74) is -1.74. The van der Waals surface area contributed by atoms with Crippen molar-refractivity contribution in [1.82, 2.24) is 0 Å². The van der Waals surface area contributed by atoms with Gasteiger partial charge in [0.1, 0.15) is 9.33 Å². The third-order valence-corrected chi connectivity index (χ3v) is 7.65. The zero-order valence-corrected chi connectivity index (χ0v) is 11.7. The van der Waals surface area contributed by atoms with Gasteiger partial charge in [0.2, 0.25) is 10.0 Å². The van der Waals surface area contributed by atoms with Crippen LogP contribution in [0, 0.1) is 11.3 Å². The van der Waals surface area contributed by atoms with Crippen molar-refractivity contribution in [2.75, 3.05) is 0 Å². The summed E-state index contributed by atoms with van der Waals surface area (Å²) in [6.45, 7) is 3.95.